The zero-order valence-electron chi connectivity index (χ0n) is 14.2. The molecule has 2 aromatic heterocycles. The van der Waals surface area contributed by atoms with Crippen molar-refractivity contribution < 1.29 is 17.7 Å². The molecule has 25 heavy (non-hydrogen) atoms. The standard InChI is InChI=1S/C16H21N3O4S2/c1-11-8-14(18-23-11)16(20)17-9-13-4-3-7-19(10-13)25(21,22)15-6-5-12(2)24-15/h5-6,8,13H,3-4,7,9-10H2,1-2H3,(H,17,20). The number of carbonyl (C=O) groups is 1. The van der Waals surface area contributed by atoms with E-state index in [1.165, 1.54) is 15.6 Å². The van der Waals surface area contributed by atoms with E-state index in [1.54, 1.807) is 19.1 Å². The van der Waals surface area contributed by atoms with Crippen LogP contribution in [0.1, 0.15) is 34.0 Å². The highest BCUT2D eigenvalue weighted by molar-refractivity contribution is 7.91. The molecule has 0 spiro atoms. The molecule has 0 aliphatic carbocycles. The van der Waals surface area contributed by atoms with Gasteiger partial charge in [0.2, 0.25) is 0 Å². The van der Waals surface area contributed by atoms with Gasteiger partial charge in [-0.05, 0) is 44.7 Å². The molecule has 1 fully saturated rings. The Morgan fingerprint density at radius 1 is 1.44 bits per heavy atom. The first kappa shape index (κ1) is 18.1. The lowest BCUT2D eigenvalue weighted by molar-refractivity contribution is 0.0932. The van der Waals surface area contributed by atoms with Crippen LogP contribution in [0, 0.1) is 19.8 Å². The van der Waals surface area contributed by atoms with Crippen molar-refractivity contribution in [1.29, 1.82) is 0 Å². The van der Waals surface area contributed by atoms with Crippen LogP contribution < -0.4 is 5.32 Å². The third-order valence-electron chi connectivity index (χ3n) is 4.20. The molecule has 1 N–H and O–H groups in total. The zero-order chi connectivity index (χ0) is 18.0. The van der Waals surface area contributed by atoms with E-state index in [9.17, 15) is 13.2 Å². The summed E-state index contributed by atoms with van der Waals surface area (Å²) in [7, 11) is -3.45. The van der Waals surface area contributed by atoms with Crippen LogP contribution in [-0.2, 0) is 10.0 Å². The lowest BCUT2D eigenvalue weighted by Gasteiger charge is -2.31. The molecule has 0 aromatic carbocycles. The van der Waals surface area contributed by atoms with Crippen LogP contribution in [0.4, 0.5) is 0 Å². The van der Waals surface area contributed by atoms with Crippen LogP contribution in [0.15, 0.2) is 26.9 Å². The van der Waals surface area contributed by atoms with Gasteiger partial charge >= 0.3 is 0 Å². The predicted octanol–water partition coefficient (Wildman–Crippen LogP) is 2.18. The summed E-state index contributed by atoms with van der Waals surface area (Å²) in [6.07, 6.45) is 1.67. The van der Waals surface area contributed by atoms with Crippen LogP contribution in [0.5, 0.6) is 0 Å². The summed E-state index contributed by atoms with van der Waals surface area (Å²) in [5.41, 5.74) is 0.242. The molecule has 1 atom stereocenters. The van der Waals surface area contributed by atoms with Crippen molar-refractivity contribution in [2.45, 2.75) is 30.9 Å². The molecule has 9 heteroatoms. The van der Waals surface area contributed by atoms with Crippen molar-refractivity contribution in [3.05, 3.63) is 34.5 Å². The number of aromatic nitrogens is 1. The number of hydrogen-bond acceptors (Lipinski definition) is 6. The largest absolute Gasteiger partial charge is 0.361 e. The van der Waals surface area contributed by atoms with Gasteiger partial charge in [0.1, 0.15) is 9.97 Å². The number of thiophene rings is 1. The normalized spacial score (nSPS) is 19.0. The number of piperidine rings is 1. The molecular formula is C16H21N3O4S2. The molecule has 1 aliphatic heterocycles. The second-order valence-corrected chi connectivity index (χ2v) is 9.72. The van der Waals surface area contributed by atoms with E-state index in [2.05, 4.69) is 10.5 Å². The number of hydrogen-bond donors (Lipinski definition) is 1. The molecule has 0 radical (unpaired) electrons. The van der Waals surface area contributed by atoms with Crippen LogP contribution in [0.2, 0.25) is 0 Å². The highest BCUT2D eigenvalue weighted by Crippen LogP contribution is 2.28. The average molecular weight is 383 g/mol. The van der Waals surface area contributed by atoms with Gasteiger partial charge in [0.25, 0.3) is 15.9 Å². The Morgan fingerprint density at radius 3 is 2.88 bits per heavy atom. The number of carbonyl (C=O) groups excluding carboxylic acids is 1. The molecule has 0 saturated carbocycles. The van der Waals surface area contributed by atoms with Gasteiger partial charge in [0, 0.05) is 30.6 Å². The van der Waals surface area contributed by atoms with Crippen molar-refractivity contribution >= 4 is 27.3 Å². The number of rotatable bonds is 5. The van der Waals surface area contributed by atoms with Gasteiger partial charge in [0.15, 0.2) is 5.69 Å². The minimum absolute atomic E-state index is 0.0848. The third-order valence-corrected chi connectivity index (χ3v) is 7.54. The fourth-order valence-electron chi connectivity index (χ4n) is 2.89. The Balaban J connectivity index is 1.60. The molecule has 0 bridgehead atoms. The molecule has 7 nitrogen and oxygen atoms in total. The summed E-state index contributed by atoms with van der Waals surface area (Å²) in [6, 6.07) is 5.05. The summed E-state index contributed by atoms with van der Waals surface area (Å²) in [5, 5.41) is 6.50. The van der Waals surface area contributed by atoms with Crippen LogP contribution in [0.3, 0.4) is 0 Å². The second kappa shape index (κ2) is 7.27. The first-order valence-electron chi connectivity index (χ1n) is 8.14. The van der Waals surface area contributed by atoms with E-state index in [-0.39, 0.29) is 17.5 Å². The summed E-state index contributed by atoms with van der Waals surface area (Å²) >= 11 is 1.29. The van der Waals surface area contributed by atoms with E-state index in [1.807, 2.05) is 13.0 Å². The fourth-order valence-corrected chi connectivity index (χ4v) is 5.88. The van der Waals surface area contributed by atoms with E-state index < -0.39 is 10.0 Å². The maximum absolute atomic E-state index is 12.7. The lowest BCUT2D eigenvalue weighted by atomic mass is 10.00. The third kappa shape index (κ3) is 4.10. The quantitative estimate of drug-likeness (QED) is 0.854. The Labute approximate surface area is 151 Å². The van der Waals surface area contributed by atoms with E-state index in [0.29, 0.717) is 29.6 Å². The molecule has 1 amide bonds. The number of aryl methyl sites for hydroxylation is 2. The highest BCUT2D eigenvalue weighted by atomic mass is 32.2. The van der Waals surface area contributed by atoms with Crippen LogP contribution in [-0.4, -0.2) is 43.4 Å². The Kier molecular flexibility index (Phi) is 5.26. The lowest BCUT2D eigenvalue weighted by Crippen LogP contribution is -2.43. The molecule has 1 unspecified atom stereocenters. The second-order valence-electron chi connectivity index (χ2n) is 6.27. The topological polar surface area (TPSA) is 92.5 Å². The number of nitrogens with zero attached hydrogens (tertiary/aromatic N) is 2. The molecule has 2 aromatic rings. The monoisotopic (exact) mass is 383 g/mol. The highest BCUT2D eigenvalue weighted by Gasteiger charge is 2.31. The molecule has 1 aliphatic rings. The van der Waals surface area contributed by atoms with E-state index in [4.69, 9.17) is 4.52 Å². The van der Waals surface area contributed by atoms with Crippen molar-refractivity contribution in [3.8, 4) is 0 Å². The summed E-state index contributed by atoms with van der Waals surface area (Å²) in [6.45, 7) is 4.97. The summed E-state index contributed by atoms with van der Waals surface area (Å²) < 4.78 is 32.3. The van der Waals surface area contributed by atoms with Gasteiger partial charge in [-0.15, -0.1) is 11.3 Å². The maximum atomic E-state index is 12.7. The predicted molar refractivity (Wildman–Crippen MR) is 94.1 cm³/mol. The number of amides is 1. The maximum Gasteiger partial charge on any atom is 0.273 e. The smallest absolute Gasteiger partial charge is 0.273 e. The summed E-state index contributed by atoms with van der Waals surface area (Å²) in [4.78, 5) is 13.0. The van der Waals surface area contributed by atoms with Crippen LogP contribution in [0.25, 0.3) is 0 Å². The van der Waals surface area contributed by atoms with E-state index in [0.717, 1.165) is 17.7 Å². The van der Waals surface area contributed by atoms with Crippen molar-refractivity contribution in [1.82, 2.24) is 14.8 Å². The number of nitrogens with one attached hydrogen (secondary N) is 1. The van der Waals surface area contributed by atoms with Crippen molar-refractivity contribution in [2.24, 2.45) is 5.92 Å². The minimum atomic E-state index is -3.45. The fraction of sp³-hybridized carbons (Fsp3) is 0.500. The van der Waals surface area contributed by atoms with Gasteiger partial charge in [-0.2, -0.15) is 4.31 Å². The molecular weight excluding hydrogens is 362 g/mol. The van der Waals surface area contributed by atoms with Crippen LogP contribution >= 0.6 is 11.3 Å². The molecule has 3 rings (SSSR count). The Bertz CT molecular complexity index is 856. The van der Waals surface area contributed by atoms with Gasteiger partial charge in [-0.1, -0.05) is 5.16 Å². The molecule has 136 valence electrons. The van der Waals surface area contributed by atoms with Gasteiger partial charge in [-0.3, -0.25) is 4.79 Å². The SMILES string of the molecule is Cc1cc(C(=O)NCC2CCCN(S(=O)(=O)c3ccc(C)s3)C2)no1. The summed E-state index contributed by atoms with van der Waals surface area (Å²) in [5.74, 6) is 0.360. The van der Waals surface area contributed by atoms with Crippen molar-refractivity contribution in [2.75, 3.05) is 19.6 Å². The van der Waals surface area contributed by atoms with Gasteiger partial charge < -0.3 is 9.84 Å². The van der Waals surface area contributed by atoms with Crippen molar-refractivity contribution in [3.63, 3.8) is 0 Å². The Morgan fingerprint density at radius 2 is 2.24 bits per heavy atom. The molecule has 1 saturated heterocycles. The average Bonchev–Trinajstić information content (AvgIpc) is 3.22. The molecule has 3 heterocycles. The zero-order valence-corrected chi connectivity index (χ0v) is 15.8. The first-order valence-corrected chi connectivity index (χ1v) is 10.4. The Hall–Kier alpha value is -1.71. The number of sulfonamides is 1. The van der Waals surface area contributed by atoms with Gasteiger partial charge in [0.05, 0.1) is 0 Å². The van der Waals surface area contributed by atoms with E-state index >= 15 is 0 Å². The minimum Gasteiger partial charge on any atom is -0.361 e. The van der Waals surface area contributed by atoms with Gasteiger partial charge in [-0.25, -0.2) is 8.42 Å². The first-order chi connectivity index (χ1) is 11.9.